The normalized spacial score (nSPS) is 10.6. The molecule has 0 aliphatic rings. The Balaban J connectivity index is 2.06. The highest BCUT2D eigenvalue weighted by atomic mass is 35.5. The molecule has 0 aliphatic heterocycles. The zero-order valence-corrected chi connectivity index (χ0v) is 17.8. The molecule has 0 saturated carbocycles. The van der Waals surface area contributed by atoms with Gasteiger partial charge in [-0.25, -0.2) is 4.98 Å². The van der Waals surface area contributed by atoms with E-state index in [1.165, 1.54) is 4.90 Å². The Kier molecular flexibility index (Phi) is 8.01. The maximum absolute atomic E-state index is 12.7. The molecule has 144 valence electrons. The molecule has 10 heteroatoms. The molecule has 0 aliphatic carbocycles. The number of aromatic nitrogens is 1. The molecule has 0 atom stereocenters. The van der Waals surface area contributed by atoms with Gasteiger partial charge in [-0.05, 0) is 24.6 Å². The van der Waals surface area contributed by atoms with Crippen LogP contribution in [-0.2, 0) is 11.3 Å². The standard InChI is InChI=1S/C17H14Cl5N3O2/c1-2-25(8-11(26)23-7-9-3-5-10(18)6-4-9)17(27)15-13(20)12(19)14(21)16(22)24-15/h3-6H,2,7-8H2,1H3,(H,23,26). The summed E-state index contributed by atoms with van der Waals surface area (Å²) in [5.74, 6) is -0.924. The molecule has 2 aromatic rings. The molecule has 0 radical (unpaired) electrons. The smallest absolute Gasteiger partial charge is 0.274 e. The van der Waals surface area contributed by atoms with Crippen LogP contribution in [-0.4, -0.2) is 34.8 Å². The van der Waals surface area contributed by atoms with E-state index in [4.69, 9.17) is 58.0 Å². The van der Waals surface area contributed by atoms with Gasteiger partial charge in [-0.1, -0.05) is 70.1 Å². The van der Waals surface area contributed by atoms with E-state index in [1.54, 1.807) is 31.2 Å². The molecule has 27 heavy (non-hydrogen) atoms. The van der Waals surface area contributed by atoms with Crippen molar-refractivity contribution in [2.45, 2.75) is 13.5 Å². The highest BCUT2D eigenvalue weighted by molar-refractivity contribution is 6.52. The Morgan fingerprint density at radius 3 is 2.22 bits per heavy atom. The zero-order chi connectivity index (χ0) is 20.1. The summed E-state index contributed by atoms with van der Waals surface area (Å²) in [4.78, 5) is 30.0. The monoisotopic (exact) mass is 467 g/mol. The Morgan fingerprint density at radius 2 is 1.63 bits per heavy atom. The van der Waals surface area contributed by atoms with Gasteiger partial charge in [-0.2, -0.15) is 0 Å². The number of pyridine rings is 1. The maximum atomic E-state index is 12.7. The van der Waals surface area contributed by atoms with Gasteiger partial charge in [0.15, 0.2) is 0 Å². The van der Waals surface area contributed by atoms with Crippen LogP contribution in [0.3, 0.4) is 0 Å². The minimum atomic E-state index is -0.579. The molecule has 5 nitrogen and oxygen atoms in total. The van der Waals surface area contributed by atoms with Crippen LogP contribution in [0.4, 0.5) is 0 Å². The predicted molar refractivity (Wildman–Crippen MR) is 109 cm³/mol. The SMILES string of the molecule is CCN(CC(=O)NCc1ccc(Cl)cc1)C(=O)c1nc(Cl)c(Cl)c(Cl)c1Cl. The van der Waals surface area contributed by atoms with Crippen LogP contribution in [0.15, 0.2) is 24.3 Å². The lowest BCUT2D eigenvalue weighted by atomic mass is 10.2. The summed E-state index contributed by atoms with van der Waals surface area (Å²) < 4.78 is 0. The number of nitrogens with one attached hydrogen (secondary N) is 1. The number of hydrogen-bond acceptors (Lipinski definition) is 3. The fourth-order valence-corrected chi connectivity index (χ4v) is 3.07. The van der Waals surface area contributed by atoms with Crippen molar-refractivity contribution in [2.24, 2.45) is 0 Å². The van der Waals surface area contributed by atoms with Crippen LogP contribution in [0.2, 0.25) is 25.2 Å². The number of likely N-dealkylation sites (N-methyl/N-ethyl adjacent to an activating group) is 1. The average molecular weight is 470 g/mol. The molecule has 1 N–H and O–H groups in total. The lowest BCUT2D eigenvalue weighted by molar-refractivity contribution is -0.121. The van der Waals surface area contributed by atoms with Crippen LogP contribution in [0.5, 0.6) is 0 Å². The summed E-state index contributed by atoms with van der Waals surface area (Å²) in [6.07, 6.45) is 0. The zero-order valence-electron chi connectivity index (χ0n) is 14.0. The van der Waals surface area contributed by atoms with E-state index in [1.807, 2.05) is 0 Å². The predicted octanol–water partition coefficient (Wildman–Crippen LogP) is 5.13. The van der Waals surface area contributed by atoms with Crippen molar-refractivity contribution < 1.29 is 9.59 Å². The number of carbonyl (C=O) groups excluding carboxylic acids is 2. The second-order valence-corrected chi connectivity index (χ2v) is 7.34. The van der Waals surface area contributed by atoms with Crippen molar-refractivity contribution in [3.63, 3.8) is 0 Å². The van der Waals surface area contributed by atoms with Crippen LogP contribution in [0.1, 0.15) is 23.0 Å². The summed E-state index contributed by atoms with van der Waals surface area (Å²) in [7, 11) is 0. The van der Waals surface area contributed by atoms with Crippen molar-refractivity contribution in [3.05, 3.63) is 60.8 Å². The second kappa shape index (κ2) is 9.80. The molecule has 0 fully saturated rings. The number of benzene rings is 1. The third-order valence-electron chi connectivity index (χ3n) is 3.59. The van der Waals surface area contributed by atoms with Crippen LogP contribution in [0, 0.1) is 0 Å². The van der Waals surface area contributed by atoms with Crippen molar-refractivity contribution in [1.29, 1.82) is 0 Å². The van der Waals surface area contributed by atoms with Gasteiger partial charge >= 0.3 is 0 Å². The number of nitrogens with zero attached hydrogens (tertiary/aromatic N) is 2. The summed E-state index contributed by atoms with van der Waals surface area (Å²) in [5.41, 5.74) is 0.714. The fraction of sp³-hybridized carbons (Fsp3) is 0.235. The van der Waals surface area contributed by atoms with Crippen molar-refractivity contribution in [3.8, 4) is 0 Å². The number of carbonyl (C=O) groups is 2. The minimum absolute atomic E-state index is 0.0383. The molecular formula is C17H14Cl5N3O2. The molecule has 0 spiro atoms. The molecule has 2 amide bonds. The Morgan fingerprint density at radius 1 is 1.00 bits per heavy atom. The summed E-state index contributed by atoms with van der Waals surface area (Å²) in [6, 6.07) is 7.05. The van der Waals surface area contributed by atoms with Crippen LogP contribution in [0.25, 0.3) is 0 Å². The first-order valence-electron chi connectivity index (χ1n) is 7.75. The Labute approximate surface area is 181 Å². The third-order valence-corrected chi connectivity index (χ3v) is 5.52. The van der Waals surface area contributed by atoms with E-state index in [2.05, 4.69) is 10.3 Å². The average Bonchev–Trinajstić information content (AvgIpc) is 2.66. The minimum Gasteiger partial charge on any atom is -0.350 e. The molecule has 1 aromatic heterocycles. The van der Waals surface area contributed by atoms with Crippen molar-refractivity contribution in [2.75, 3.05) is 13.1 Å². The van der Waals surface area contributed by atoms with Gasteiger partial charge in [0.25, 0.3) is 5.91 Å². The van der Waals surface area contributed by atoms with E-state index >= 15 is 0 Å². The van der Waals surface area contributed by atoms with Gasteiger partial charge in [0, 0.05) is 18.1 Å². The topological polar surface area (TPSA) is 62.3 Å². The van der Waals surface area contributed by atoms with Crippen LogP contribution < -0.4 is 5.32 Å². The van der Waals surface area contributed by atoms with E-state index in [0.29, 0.717) is 11.6 Å². The summed E-state index contributed by atoms with van der Waals surface area (Å²) in [5, 5.41) is 2.98. The molecule has 1 aromatic carbocycles. The lowest BCUT2D eigenvalue weighted by Crippen LogP contribution is -2.40. The quantitative estimate of drug-likeness (QED) is 0.597. The first-order chi connectivity index (χ1) is 12.7. The first kappa shape index (κ1) is 22.1. The van der Waals surface area contributed by atoms with Gasteiger partial charge in [-0.15, -0.1) is 0 Å². The molecule has 2 rings (SSSR count). The molecular weight excluding hydrogens is 455 g/mol. The summed E-state index contributed by atoms with van der Waals surface area (Å²) in [6.45, 7) is 2.10. The van der Waals surface area contributed by atoms with Gasteiger partial charge in [0.2, 0.25) is 5.91 Å². The second-order valence-electron chi connectivity index (χ2n) is 5.42. The van der Waals surface area contributed by atoms with Gasteiger partial charge in [0.05, 0.1) is 21.6 Å². The molecule has 0 unspecified atom stereocenters. The highest BCUT2D eigenvalue weighted by Gasteiger charge is 2.25. The van der Waals surface area contributed by atoms with Gasteiger partial charge < -0.3 is 10.2 Å². The van der Waals surface area contributed by atoms with E-state index in [-0.39, 0.29) is 44.9 Å². The number of rotatable bonds is 6. The Bertz CT molecular complexity index is 859. The third kappa shape index (κ3) is 5.62. The molecule has 1 heterocycles. The van der Waals surface area contributed by atoms with E-state index < -0.39 is 5.91 Å². The van der Waals surface area contributed by atoms with E-state index in [9.17, 15) is 9.59 Å². The number of amides is 2. The van der Waals surface area contributed by atoms with Gasteiger partial charge in [-0.3, -0.25) is 9.59 Å². The maximum Gasteiger partial charge on any atom is 0.274 e. The van der Waals surface area contributed by atoms with Crippen LogP contribution >= 0.6 is 58.0 Å². The number of halogens is 5. The van der Waals surface area contributed by atoms with Gasteiger partial charge in [0.1, 0.15) is 10.8 Å². The van der Waals surface area contributed by atoms with Crippen molar-refractivity contribution >= 4 is 69.8 Å². The van der Waals surface area contributed by atoms with Crippen molar-refractivity contribution in [1.82, 2.24) is 15.2 Å². The number of hydrogen-bond donors (Lipinski definition) is 1. The summed E-state index contributed by atoms with van der Waals surface area (Å²) >= 11 is 29.6. The molecule has 0 saturated heterocycles. The molecule has 0 bridgehead atoms. The lowest BCUT2D eigenvalue weighted by Gasteiger charge is -2.21. The fourth-order valence-electron chi connectivity index (χ4n) is 2.14. The van der Waals surface area contributed by atoms with E-state index in [0.717, 1.165) is 5.56 Å². The largest absolute Gasteiger partial charge is 0.350 e. The Hall–Kier alpha value is -1.24. The first-order valence-corrected chi connectivity index (χ1v) is 9.64. The highest BCUT2D eigenvalue weighted by Crippen LogP contribution is 2.36.